The summed E-state index contributed by atoms with van der Waals surface area (Å²) < 4.78 is 31.5. The van der Waals surface area contributed by atoms with Crippen LogP contribution in [0.15, 0.2) is 83.7 Å². The zero-order chi connectivity index (χ0) is 31.2. The molecule has 0 N–H and O–H groups in total. The van der Waals surface area contributed by atoms with E-state index in [1.54, 1.807) is 18.3 Å². The molecule has 1 radical (unpaired) electrons. The minimum Gasteiger partial charge on any atom is 0 e. The number of hydrogen-bond acceptors (Lipinski definition) is 5. The van der Waals surface area contributed by atoms with Gasteiger partial charge < -0.3 is 8.98 Å². The second kappa shape index (κ2) is 11.9. The van der Waals surface area contributed by atoms with Gasteiger partial charge in [0.25, 0.3) is 0 Å². The third-order valence-corrected chi connectivity index (χ3v) is 11.3. The number of nitrogens with zero attached hydrogens (tertiary/aromatic N) is 5. The number of hydrogen-bond donors (Lipinski definition) is 0. The van der Waals surface area contributed by atoms with E-state index in [2.05, 4.69) is 50.4 Å². The van der Waals surface area contributed by atoms with Crippen molar-refractivity contribution in [1.29, 1.82) is 0 Å². The first-order valence-corrected chi connectivity index (χ1v) is 20.7. The summed E-state index contributed by atoms with van der Waals surface area (Å²) in [5, 5.41) is 2.03. The number of furan rings is 1. The molecule has 0 aliphatic heterocycles. The molecule has 5 aromatic heterocycles. The van der Waals surface area contributed by atoms with Crippen LogP contribution in [0.25, 0.3) is 55.7 Å². The Hall–Kier alpha value is -3.65. The number of benzene rings is 2. The maximum Gasteiger partial charge on any atom is 0 e. The maximum absolute atomic E-state index is 7.35. The van der Waals surface area contributed by atoms with Gasteiger partial charge in [0.1, 0.15) is 0 Å². The van der Waals surface area contributed by atoms with Crippen LogP contribution >= 0.6 is 0 Å². The van der Waals surface area contributed by atoms with Gasteiger partial charge in [0, 0.05) is 44.4 Å². The van der Waals surface area contributed by atoms with Crippen LogP contribution in [-0.4, -0.2) is 37.8 Å². The number of imidazole rings is 1. The Bertz CT molecular complexity index is 2060. The molecule has 7 rings (SSSR count). The number of rotatable bonds is 3. The van der Waals surface area contributed by atoms with Crippen molar-refractivity contribution in [2.24, 2.45) is 7.05 Å². The Kier molecular flexibility index (Phi) is 7.38. The molecule has 5 heterocycles. The van der Waals surface area contributed by atoms with E-state index < -0.39 is 20.1 Å². The van der Waals surface area contributed by atoms with Gasteiger partial charge in [0.2, 0.25) is 5.71 Å². The summed E-state index contributed by atoms with van der Waals surface area (Å²) in [5.41, 5.74) is 7.01. The molecular formula is C34H31GeIrN5O-2. The molecule has 0 amide bonds. The van der Waals surface area contributed by atoms with Crippen LogP contribution in [0.1, 0.15) is 15.4 Å². The topological polar surface area (TPSA) is 69.6 Å². The summed E-state index contributed by atoms with van der Waals surface area (Å²) >= 11 is -1.83. The Morgan fingerprint density at radius 1 is 0.929 bits per heavy atom. The molecule has 0 aliphatic rings. The molecule has 2 aromatic carbocycles. The van der Waals surface area contributed by atoms with Crippen molar-refractivity contribution >= 4 is 50.8 Å². The largest absolute Gasteiger partial charge is 0 e. The summed E-state index contributed by atoms with van der Waals surface area (Å²) in [7, 11) is 1.98. The van der Waals surface area contributed by atoms with E-state index in [4.69, 9.17) is 13.5 Å². The van der Waals surface area contributed by atoms with E-state index in [1.165, 1.54) is 10.5 Å². The normalized spacial score (nSPS) is 12.7. The van der Waals surface area contributed by atoms with Gasteiger partial charge in [-0.15, -0.1) is 18.2 Å². The molecular weight excluding hydrogens is 759 g/mol. The third-order valence-electron chi connectivity index (χ3n) is 7.06. The molecule has 0 bridgehead atoms. The predicted octanol–water partition coefficient (Wildman–Crippen LogP) is 7.44. The van der Waals surface area contributed by atoms with E-state index in [1.807, 2.05) is 67.3 Å². The number of fused-ring (bicyclic) bond motifs is 4. The fourth-order valence-corrected chi connectivity index (χ4v) is 6.89. The summed E-state index contributed by atoms with van der Waals surface area (Å²) in [5.74, 6) is 7.79. The molecule has 7 aromatic rings. The van der Waals surface area contributed by atoms with Crippen molar-refractivity contribution in [2.75, 3.05) is 0 Å². The van der Waals surface area contributed by atoms with Gasteiger partial charge in [0.15, 0.2) is 0 Å². The third kappa shape index (κ3) is 5.82. The molecule has 0 aliphatic carbocycles. The average molecular weight is 794 g/mol. The van der Waals surface area contributed by atoms with Crippen molar-refractivity contribution in [1.82, 2.24) is 24.5 Å². The fourth-order valence-electron chi connectivity index (χ4n) is 4.72. The smallest absolute Gasteiger partial charge is 0 e. The van der Waals surface area contributed by atoms with Gasteiger partial charge in [-0.3, -0.25) is 9.97 Å². The zero-order valence-corrected chi connectivity index (χ0v) is 28.5. The van der Waals surface area contributed by atoms with Gasteiger partial charge in [-0.1, -0.05) is 10.9 Å². The molecule has 213 valence electrons. The molecule has 0 saturated heterocycles. The SMILES string of the molecule is Cc1ccc2c(n1)oc1c(-c3nc4ccncc4n3C)[c-]ccc12.[2H]C([2H])([2H])c1c[c-]c(-c2cc[c]([Ge]([CH3])([CH3])[CH3])cn2)cc1.[Ir]. The first-order valence-electron chi connectivity index (χ1n) is 14.9. The van der Waals surface area contributed by atoms with Crippen LogP contribution in [-0.2, 0) is 27.2 Å². The van der Waals surface area contributed by atoms with Crippen LogP contribution in [0.3, 0.4) is 0 Å². The van der Waals surface area contributed by atoms with Crippen molar-refractivity contribution in [3.63, 3.8) is 0 Å². The van der Waals surface area contributed by atoms with Crippen molar-refractivity contribution in [3.05, 3.63) is 103 Å². The molecule has 42 heavy (non-hydrogen) atoms. The minimum atomic E-state index is -2.08. The Morgan fingerprint density at radius 2 is 1.79 bits per heavy atom. The fraction of sp³-hybridized carbons (Fsp3) is 0.176. The van der Waals surface area contributed by atoms with Crippen LogP contribution < -0.4 is 4.40 Å². The number of pyridine rings is 3. The summed E-state index contributed by atoms with van der Waals surface area (Å²) in [6.45, 7) is -0.121. The summed E-state index contributed by atoms with van der Waals surface area (Å²) in [6, 6.07) is 25.2. The molecule has 6 nitrogen and oxygen atoms in total. The van der Waals surface area contributed by atoms with E-state index in [9.17, 15) is 0 Å². The van der Waals surface area contributed by atoms with E-state index in [0.29, 0.717) is 11.3 Å². The van der Waals surface area contributed by atoms with Crippen LogP contribution in [0.4, 0.5) is 0 Å². The van der Waals surface area contributed by atoms with Gasteiger partial charge in [-0.2, -0.15) is 0 Å². The Labute approximate surface area is 266 Å². The van der Waals surface area contributed by atoms with Crippen molar-refractivity contribution < 1.29 is 28.6 Å². The quantitative estimate of drug-likeness (QED) is 0.138. The molecule has 0 unspecified atom stereocenters. The van der Waals surface area contributed by atoms with Gasteiger partial charge in [-0.25, -0.2) is 4.98 Å². The van der Waals surface area contributed by atoms with E-state index in [-0.39, 0.29) is 20.1 Å². The first kappa shape index (κ1) is 26.0. The predicted molar refractivity (Wildman–Crippen MR) is 169 cm³/mol. The summed E-state index contributed by atoms with van der Waals surface area (Å²) in [4.78, 5) is 17.9. The molecule has 8 heteroatoms. The molecule has 0 spiro atoms. The summed E-state index contributed by atoms with van der Waals surface area (Å²) in [6.07, 6.45) is 5.51. The Morgan fingerprint density at radius 3 is 2.48 bits per heavy atom. The van der Waals surface area contributed by atoms with Crippen molar-refractivity contribution in [2.45, 2.75) is 31.0 Å². The second-order valence-corrected chi connectivity index (χ2v) is 21.7. The van der Waals surface area contributed by atoms with Gasteiger partial charge >= 0.3 is 110 Å². The first-order chi connectivity index (χ1) is 20.9. The average Bonchev–Trinajstić information content (AvgIpc) is 3.53. The van der Waals surface area contributed by atoms with Crippen LogP contribution in [0.2, 0.25) is 17.3 Å². The molecule has 0 saturated carbocycles. The second-order valence-electron chi connectivity index (χ2n) is 11.0. The van der Waals surface area contributed by atoms with Gasteiger partial charge in [0.05, 0.1) is 28.6 Å². The number of aryl methyl sites for hydroxylation is 3. The maximum atomic E-state index is 7.35. The zero-order valence-electron chi connectivity index (χ0n) is 27.0. The monoisotopic (exact) mass is 795 g/mol. The minimum absolute atomic E-state index is 0. The van der Waals surface area contributed by atoms with E-state index in [0.717, 1.165) is 55.7 Å². The number of aromatic nitrogens is 5. The molecule has 0 atom stereocenters. The van der Waals surface area contributed by atoms with Crippen LogP contribution in [0.5, 0.6) is 0 Å². The van der Waals surface area contributed by atoms with Crippen molar-refractivity contribution in [3.8, 4) is 22.6 Å². The van der Waals surface area contributed by atoms with Crippen LogP contribution in [0, 0.1) is 25.9 Å². The van der Waals surface area contributed by atoms with Gasteiger partial charge in [-0.05, 0) is 25.1 Å². The van der Waals surface area contributed by atoms with E-state index >= 15 is 0 Å². The Balaban J connectivity index is 0.000000177. The standard InChI is InChI=1S/C19H13N4O.C15H18GeN.Ir/c1-11-6-7-13-12-4-3-5-14(17(12)24-19(13)21-11)18-22-15-8-9-20-10-16(15)23(18)2;1-12-5-7-13(8-6-12)15-10-9-14(11-17-15)16(2,3)4;/h3-4,6-10H,1-2H3;5-7,9-11H,1-4H3;/q2*-1;/i;1D3;. The molecule has 0 fully saturated rings.